The summed E-state index contributed by atoms with van der Waals surface area (Å²) in [5, 5.41) is 9.35. The number of benzene rings is 1. The molecule has 0 bridgehead atoms. The van der Waals surface area contributed by atoms with Gasteiger partial charge in [0.05, 0.1) is 6.61 Å². The van der Waals surface area contributed by atoms with Gasteiger partial charge in [-0.15, -0.1) is 0 Å². The van der Waals surface area contributed by atoms with E-state index < -0.39 is 0 Å². The molecule has 0 fully saturated rings. The fourth-order valence-electron chi connectivity index (χ4n) is 1.62. The molecule has 15 heavy (non-hydrogen) atoms. The van der Waals surface area contributed by atoms with E-state index in [1.807, 2.05) is 18.2 Å². The number of aliphatic hydroxyl groups is 1. The lowest BCUT2D eigenvalue weighted by Crippen LogP contribution is -2.35. The Kier molecular flexibility index (Phi) is 4.15. The van der Waals surface area contributed by atoms with E-state index in [4.69, 9.17) is 0 Å². The highest BCUT2D eigenvalue weighted by Crippen LogP contribution is 2.23. The van der Waals surface area contributed by atoms with Gasteiger partial charge in [0.2, 0.25) is 0 Å². The lowest BCUT2D eigenvalue weighted by Gasteiger charge is -2.32. The lowest BCUT2D eigenvalue weighted by atomic mass is 9.88. The SMILES string of the molecule is CCC(C)(CO)CN(C)c1ccccc1. The molecule has 1 rings (SSSR count). The third-order valence-electron chi connectivity index (χ3n) is 3.05. The molecule has 0 aliphatic heterocycles. The van der Waals surface area contributed by atoms with Crippen LogP contribution in [0, 0.1) is 5.41 Å². The van der Waals surface area contributed by atoms with E-state index in [-0.39, 0.29) is 12.0 Å². The molecule has 0 aliphatic rings. The van der Waals surface area contributed by atoms with Crippen LogP contribution in [0.4, 0.5) is 5.69 Å². The summed E-state index contributed by atoms with van der Waals surface area (Å²) in [6.07, 6.45) is 0.987. The predicted octanol–water partition coefficient (Wildman–Crippen LogP) is 2.53. The average molecular weight is 207 g/mol. The fourth-order valence-corrected chi connectivity index (χ4v) is 1.62. The third kappa shape index (κ3) is 3.24. The van der Waals surface area contributed by atoms with E-state index in [1.165, 1.54) is 5.69 Å². The summed E-state index contributed by atoms with van der Waals surface area (Å²) < 4.78 is 0. The van der Waals surface area contributed by atoms with Crippen LogP contribution in [0.15, 0.2) is 30.3 Å². The number of hydrogen-bond acceptors (Lipinski definition) is 2. The van der Waals surface area contributed by atoms with Crippen molar-refractivity contribution in [3.05, 3.63) is 30.3 Å². The standard InChI is InChI=1S/C13H21NO/c1-4-13(2,11-15)10-14(3)12-8-6-5-7-9-12/h5-9,15H,4,10-11H2,1-3H3. The summed E-state index contributed by atoms with van der Waals surface area (Å²) in [6, 6.07) is 10.3. The van der Waals surface area contributed by atoms with Crippen molar-refractivity contribution in [1.82, 2.24) is 0 Å². The summed E-state index contributed by atoms with van der Waals surface area (Å²) in [6.45, 7) is 5.35. The monoisotopic (exact) mass is 207 g/mol. The van der Waals surface area contributed by atoms with Crippen LogP contribution in [-0.4, -0.2) is 25.3 Å². The van der Waals surface area contributed by atoms with Gasteiger partial charge >= 0.3 is 0 Å². The molecule has 0 saturated heterocycles. The van der Waals surface area contributed by atoms with Crippen molar-refractivity contribution in [3.63, 3.8) is 0 Å². The minimum Gasteiger partial charge on any atom is -0.396 e. The Morgan fingerprint density at radius 2 is 1.87 bits per heavy atom. The number of hydrogen-bond donors (Lipinski definition) is 1. The van der Waals surface area contributed by atoms with Crippen LogP contribution < -0.4 is 4.90 Å². The molecule has 1 atom stereocenters. The van der Waals surface area contributed by atoms with Crippen LogP contribution in [0.5, 0.6) is 0 Å². The van der Waals surface area contributed by atoms with Crippen LogP contribution in [0.3, 0.4) is 0 Å². The minimum absolute atomic E-state index is 0.00933. The minimum atomic E-state index is -0.00933. The van der Waals surface area contributed by atoms with Gasteiger partial charge in [0.1, 0.15) is 0 Å². The van der Waals surface area contributed by atoms with Crippen LogP contribution in [0.25, 0.3) is 0 Å². The molecule has 0 aliphatic carbocycles. The van der Waals surface area contributed by atoms with Crippen LogP contribution in [-0.2, 0) is 0 Å². The molecular weight excluding hydrogens is 186 g/mol. The summed E-state index contributed by atoms with van der Waals surface area (Å²) in [7, 11) is 2.07. The van der Waals surface area contributed by atoms with E-state index in [2.05, 4.69) is 37.9 Å². The molecule has 1 N–H and O–H groups in total. The molecule has 1 aromatic rings. The van der Waals surface area contributed by atoms with Crippen LogP contribution in [0.2, 0.25) is 0 Å². The first-order valence-corrected chi connectivity index (χ1v) is 5.48. The number of rotatable bonds is 5. The Morgan fingerprint density at radius 3 is 2.33 bits per heavy atom. The summed E-state index contributed by atoms with van der Waals surface area (Å²) in [4.78, 5) is 2.19. The molecule has 84 valence electrons. The van der Waals surface area contributed by atoms with Crippen LogP contribution >= 0.6 is 0 Å². The van der Waals surface area contributed by atoms with E-state index in [9.17, 15) is 5.11 Å². The Labute approximate surface area is 92.5 Å². The van der Waals surface area contributed by atoms with Gasteiger partial charge in [-0.3, -0.25) is 0 Å². The number of nitrogens with zero attached hydrogens (tertiary/aromatic N) is 1. The summed E-state index contributed by atoms with van der Waals surface area (Å²) in [5.74, 6) is 0. The third-order valence-corrected chi connectivity index (χ3v) is 3.05. The van der Waals surface area contributed by atoms with Crippen molar-refractivity contribution < 1.29 is 5.11 Å². The van der Waals surface area contributed by atoms with Crippen molar-refractivity contribution in [2.45, 2.75) is 20.3 Å². The first kappa shape index (κ1) is 12.1. The first-order chi connectivity index (χ1) is 7.11. The molecule has 0 saturated carbocycles. The van der Waals surface area contributed by atoms with Gasteiger partial charge in [0.25, 0.3) is 0 Å². The Hall–Kier alpha value is -1.02. The van der Waals surface area contributed by atoms with Crippen molar-refractivity contribution >= 4 is 5.69 Å². The van der Waals surface area contributed by atoms with Crippen molar-refractivity contribution in [1.29, 1.82) is 0 Å². The summed E-state index contributed by atoms with van der Waals surface area (Å²) >= 11 is 0. The van der Waals surface area contributed by atoms with E-state index in [0.29, 0.717) is 0 Å². The van der Waals surface area contributed by atoms with E-state index >= 15 is 0 Å². The first-order valence-electron chi connectivity index (χ1n) is 5.48. The van der Waals surface area contributed by atoms with Gasteiger partial charge in [-0.2, -0.15) is 0 Å². The Bertz CT molecular complexity index is 280. The van der Waals surface area contributed by atoms with E-state index in [0.717, 1.165) is 13.0 Å². The van der Waals surface area contributed by atoms with Gasteiger partial charge in [-0.1, -0.05) is 32.0 Å². The highest BCUT2D eigenvalue weighted by molar-refractivity contribution is 5.45. The largest absolute Gasteiger partial charge is 0.396 e. The maximum atomic E-state index is 9.35. The maximum Gasteiger partial charge on any atom is 0.0501 e. The highest BCUT2D eigenvalue weighted by Gasteiger charge is 2.22. The normalized spacial score (nSPS) is 14.7. The second-order valence-electron chi connectivity index (χ2n) is 4.51. The molecule has 1 unspecified atom stereocenters. The van der Waals surface area contributed by atoms with Gasteiger partial charge in [0.15, 0.2) is 0 Å². The molecule has 0 heterocycles. The zero-order valence-electron chi connectivity index (χ0n) is 9.90. The molecule has 0 spiro atoms. The van der Waals surface area contributed by atoms with Crippen LogP contribution in [0.1, 0.15) is 20.3 Å². The zero-order valence-corrected chi connectivity index (χ0v) is 9.90. The quantitative estimate of drug-likeness (QED) is 0.802. The second kappa shape index (κ2) is 5.17. The smallest absolute Gasteiger partial charge is 0.0501 e. The molecule has 1 aromatic carbocycles. The molecular formula is C13H21NO. The molecule has 0 aromatic heterocycles. The average Bonchev–Trinajstić information content (AvgIpc) is 2.30. The molecule has 0 radical (unpaired) electrons. The Morgan fingerprint density at radius 1 is 1.27 bits per heavy atom. The van der Waals surface area contributed by atoms with Gasteiger partial charge in [-0.05, 0) is 18.6 Å². The second-order valence-corrected chi connectivity index (χ2v) is 4.51. The van der Waals surface area contributed by atoms with Crippen molar-refractivity contribution in [2.75, 3.05) is 25.1 Å². The predicted molar refractivity (Wildman–Crippen MR) is 65.2 cm³/mol. The van der Waals surface area contributed by atoms with Gasteiger partial charge < -0.3 is 10.0 Å². The van der Waals surface area contributed by atoms with E-state index in [1.54, 1.807) is 0 Å². The molecule has 2 nitrogen and oxygen atoms in total. The number of aliphatic hydroxyl groups excluding tert-OH is 1. The Balaban J connectivity index is 2.67. The topological polar surface area (TPSA) is 23.5 Å². The number of anilines is 1. The maximum absolute atomic E-state index is 9.35. The number of para-hydroxylation sites is 1. The summed E-state index contributed by atoms with van der Waals surface area (Å²) in [5.41, 5.74) is 1.19. The van der Waals surface area contributed by atoms with Gasteiger partial charge in [-0.25, -0.2) is 0 Å². The van der Waals surface area contributed by atoms with Crippen molar-refractivity contribution in [3.8, 4) is 0 Å². The lowest BCUT2D eigenvalue weighted by molar-refractivity contribution is 0.144. The molecule has 2 heteroatoms. The van der Waals surface area contributed by atoms with Crippen molar-refractivity contribution in [2.24, 2.45) is 5.41 Å². The highest BCUT2D eigenvalue weighted by atomic mass is 16.3. The molecule has 0 amide bonds. The fraction of sp³-hybridized carbons (Fsp3) is 0.538. The van der Waals surface area contributed by atoms with Gasteiger partial charge in [0, 0.05) is 24.7 Å². The zero-order chi connectivity index (χ0) is 11.3.